The lowest BCUT2D eigenvalue weighted by atomic mass is 9.96. The van der Waals surface area contributed by atoms with Crippen molar-refractivity contribution in [3.8, 4) is 5.75 Å². The second kappa shape index (κ2) is 10.9. The van der Waals surface area contributed by atoms with E-state index in [-0.39, 0.29) is 61.9 Å². The van der Waals surface area contributed by atoms with Crippen LogP contribution in [-0.4, -0.2) is 84.5 Å². The van der Waals surface area contributed by atoms with Gasteiger partial charge in [0, 0.05) is 39.3 Å². The number of hydrazine groups is 1. The summed E-state index contributed by atoms with van der Waals surface area (Å²) in [6.45, 7) is 2.46. The van der Waals surface area contributed by atoms with Crippen LogP contribution in [0.2, 0.25) is 0 Å². The summed E-state index contributed by atoms with van der Waals surface area (Å²) in [5, 5.41) is 13.1. The van der Waals surface area contributed by atoms with Gasteiger partial charge in [0.25, 0.3) is 0 Å². The number of fused-ring (bicyclic) bond motifs is 1. The molecule has 1 unspecified atom stereocenters. The summed E-state index contributed by atoms with van der Waals surface area (Å²) in [6, 6.07) is 15.7. The third-order valence-corrected chi connectivity index (χ3v) is 7.66. The Labute approximate surface area is 228 Å². The molecule has 1 N–H and O–H groups in total. The summed E-state index contributed by atoms with van der Waals surface area (Å²) in [5.41, 5.74) is 1.88. The lowest BCUT2D eigenvalue weighted by Crippen LogP contribution is -2.75. The van der Waals surface area contributed by atoms with E-state index in [0.717, 1.165) is 11.1 Å². The molecule has 2 aliphatic rings. The zero-order valence-corrected chi connectivity index (χ0v) is 22.5. The molecule has 2 saturated heterocycles. The number of piperazine rings is 1. The van der Waals surface area contributed by atoms with Gasteiger partial charge in [-0.25, -0.2) is 9.99 Å². The summed E-state index contributed by atoms with van der Waals surface area (Å²) in [7, 11) is 3.62. The number of nitrogens with zero attached hydrogens (tertiary/aromatic N) is 6. The predicted molar refractivity (Wildman–Crippen MR) is 144 cm³/mol. The van der Waals surface area contributed by atoms with Crippen LogP contribution in [0.15, 0.2) is 67.0 Å². The largest absolute Gasteiger partial charge is 0.508 e. The quantitative estimate of drug-likeness (QED) is 0.502. The van der Waals surface area contributed by atoms with E-state index in [1.807, 2.05) is 55.1 Å². The van der Waals surface area contributed by atoms with Crippen molar-refractivity contribution in [3.05, 3.63) is 83.9 Å². The molecule has 2 aromatic carbocycles. The lowest BCUT2D eigenvalue weighted by Gasteiger charge is -2.54. The number of hydrogen-bond acceptors (Lipinski definition) is 6. The van der Waals surface area contributed by atoms with Crippen LogP contribution >= 0.6 is 0 Å². The number of hydrogen-bond donors (Lipinski definition) is 1. The molecule has 0 bridgehead atoms. The maximum absolute atomic E-state index is 13.9. The number of phenolic OH excluding ortho intramolecular Hbond substituents is 1. The molecule has 204 valence electrons. The first-order valence-electron chi connectivity index (χ1n) is 13.1. The average Bonchev–Trinajstić information content (AvgIpc) is 3.32. The topological polar surface area (TPSA) is 102 Å². The number of carbonyl (C=O) groups excluding carboxylic acids is 3. The number of rotatable bonds is 7. The molecule has 10 nitrogen and oxygen atoms in total. The number of carbonyl (C=O) groups is 3. The SMILES string of the molecule is C[C@H](CC(=O)N1C2CN(Cc3nccn3C)C(=O)[C@H](Cc3ccc(O)cc3)N2C(=O)CN1C)c1ccccc1. The molecule has 2 aliphatic heterocycles. The van der Waals surface area contributed by atoms with E-state index >= 15 is 0 Å². The Bertz CT molecular complexity index is 1340. The Hall–Kier alpha value is -4.18. The van der Waals surface area contributed by atoms with Crippen LogP contribution in [0.25, 0.3) is 0 Å². The molecular weight excluding hydrogens is 496 g/mol. The summed E-state index contributed by atoms with van der Waals surface area (Å²) in [6.07, 6.45) is 3.39. The molecule has 3 atom stereocenters. The van der Waals surface area contributed by atoms with Crippen LogP contribution in [0.1, 0.15) is 36.2 Å². The first kappa shape index (κ1) is 26.4. The van der Waals surface area contributed by atoms with Crippen molar-refractivity contribution in [2.75, 3.05) is 20.1 Å². The average molecular weight is 531 g/mol. The number of phenols is 1. The van der Waals surface area contributed by atoms with Gasteiger partial charge in [-0.2, -0.15) is 0 Å². The van der Waals surface area contributed by atoms with Gasteiger partial charge in [0.15, 0.2) is 0 Å². The molecule has 0 saturated carbocycles. The number of aromatic nitrogens is 2. The second-order valence-electron chi connectivity index (χ2n) is 10.4. The van der Waals surface area contributed by atoms with Crippen LogP contribution in [-0.2, 0) is 34.4 Å². The van der Waals surface area contributed by atoms with Crippen molar-refractivity contribution < 1.29 is 19.5 Å². The van der Waals surface area contributed by atoms with E-state index in [1.54, 1.807) is 57.3 Å². The van der Waals surface area contributed by atoms with Gasteiger partial charge in [0.05, 0.1) is 19.6 Å². The van der Waals surface area contributed by atoms with Crippen molar-refractivity contribution >= 4 is 17.7 Å². The van der Waals surface area contributed by atoms with Gasteiger partial charge in [0.2, 0.25) is 17.7 Å². The fourth-order valence-electron chi connectivity index (χ4n) is 5.54. The highest BCUT2D eigenvalue weighted by atomic mass is 16.3. The molecule has 5 rings (SSSR count). The van der Waals surface area contributed by atoms with Crippen molar-refractivity contribution in [2.24, 2.45) is 7.05 Å². The minimum atomic E-state index is -0.795. The van der Waals surface area contributed by atoms with Crippen molar-refractivity contribution in [1.82, 2.24) is 29.4 Å². The Balaban J connectivity index is 1.47. The first-order chi connectivity index (χ1) is 18.7. The summed E-state index contributed by atoms with van der Waals surface area (Å²) >= 11 is 0. The molecule has 10 heteroatoms. The fraction of sp³-hybridized carbons (Fsp3) is 0.379. The molecular formula is C29H34N6O4. The number of aromatic hydroxyl groups is 1. The van der Waals surface area contributed by atoms with Gasteiger partial charge < -0.3 is 19.5 Å². The number of likely N-dealkylation sites (N-methyl/N-ethyl adjacent to an activating group) is 1. The van der Waals surface area contributed by atoms with Gasteiger partial charge in [-0.3, -0.25) is 19.4 Å². The van der Waals surface area contributed by atoms with Gasteiger partial charge >= 0.3 is 0 Å². The summed E-state index contributed by atoms with van der Waals surface area (Å²) in [5.74, 6) is 0.335. The van der Waals surface area contributed by atoms with E-state index in [0.29, 0.717) is 5.82 Å². The van der Waals surface area contributed by atoms with Crippen LogP contribution in [0, 0.1) is 0 Å². The number of amides is 3. The molecule has 0 radical (unpaired) electrons. The van der Waals surface area contributed by atoms with E-state index in [4.69, 9.17) is 0 Å². The summed E-state index contributed by atoms with van der Waals surface area (Å²) in [4.78, 5) is 48.8. The Morgan fingerprint density at radius 1 is 1.08 bits per heavy atom. The van der Waals surface area contributed by atoms with E-state index in [2.05, 4.69) is 4.98 Å². The third-order valence-electron chi connectivity index (χ3n) is 7.66. The zero-order chi connectivity index (χ0) is 27.7. The molecule has 2 fully saturated rings. The first-order valence-corrected chi connectivity index (χ1v) is 13.1. The van der Waals surface area contributed by atoms with Crippen molar-refractivity contribution in [3.63, 3.8) is 0 Å². The monoisotopic (exact) mass is 530 g/mol. The maximum atomic E-state index is 13.9. The van der Waals surface area contributed by atoms with Crippen molar-refractivity contribution in [1.29, 1.82) is 0 Å². The van der Waals surface area contributed by atoms with E-state index < -0.39 is 12.2 Å². The van der Waals surface area contributed by atoms with Crippen LogP contribution in [0.4, 0.5) is 0 Å². The predicted octanol–water partition coefficient (Wildman–Crippen LogP) is 2.12. The van der Waals surface area contributed by atoms with Crippen LogP contribution < -0.4 is 0 Å². The van der Waals surface area contributed by atoms with Gasteiger partial charge in [-0.1, -0.05) is 49.4 Å². The second-order valence-corrected chi connectivity index (χ2v) is 10.4. The normalized spacial score (nSPS) is 20.7. The molecule has 0 aliphatic carbocycles. The Morgan fingerprint density at radius 3 is 2.46 bits per heavy atom. The highest BCUT2D eigenvalue weighted by Gasteiger charge is 2.50. The molecule has 3 heterocycles. The smallest absolute Gasteiger partial charge is 0.246 e. The zero-order valence-electron chi connectivity index (χ0n) is 22.5. The van der Waals surface area contributed by atoms with Gasteiger partial charge in [0.1, 0.15) is 23.8 Å². The molecule has 39 heavy (non-hydrogen) atoms. The lowest BCUT2D eigenvalue weighted by molar-refractivity contribution is -0.203. The van der Waals surface area contributed by atoms with Gasteiger partial charge in [-0.15, -0.1) is 0 Å². The molecule has 3 aromatic rings. The highest BCUT2D eigenvalue weighted by Crippen LogP contribution is 2.30. The minimum Gasteiger partial charge on any atom is -0.508 e. The fourth-order valence-corrected chi connectivity index (χ4v) is 5.54. The van der Waals surface area contributed by atoms with Crippen LogP contribution in [0.5, 0.6) is 5.75 Å². The standard InChI is InChI=1S/C29H34N6O4/c1-20(22-7-5-4-6-8-22)15-27(37)35-26-18-33(17-25-30-13-14-31(25)2)29(39)24(34(26)28(38)19-32(35)3)16-21-9-11-23(36)12-10-21/h4-14,20,24,26,36H,15-19H2,1-3H3/t20-,24+,26?/m1/s1. The summed E-state index contributed by atoms with van der Waals surface area (Å²) < 4.78 is 1.86. The van der Waals surface area contributed by atoms with Crippen LogP contribution in [0.3, 0.4) is 0 Å². The Morgan fingerprint density at radius 2 is 1.79 bits per heavy atom. The maximum Gasteiger partial charge on any atom is 0.246 e. The number of benzene rings is 2. The molecule has 1 aromatic heterocycles. The van der Waals surface area contributed by atoms with Gasteiger partial charge in [-0.05, 0) is 29.2 Å². The molecule has 3 amide bonds. The van der Waals surface area contributed by atoms with E-state index in [9.17, 15) is 19.5 Å². The Kier molecular flexibility index (Phi) is 7.38. The van der Waals surface area contributed by atoms with Crippen molar-refractivity contribution in [2.45, 2.75) is 44.4 Å². The molecule has 0 spiro atoms. The highest BCUT2D eigenvalue weighted by molar-refractivity contribution is 5.91. The van der Waals surface area contributed by atoms with E-state index in [1.165, 1.54) is 0 Å². The number of aryl methyl sites for hydroxylation is 1. The number of imidazole rings is 1. The minimum absolute atomic E-state index is 0.000676. The third kappa shape index (κ3) is 5.37.